The summed E-state index contributed by atoms with van der Waals surface area (Å²) >= 11 is 0. The lowest BCUT2D eigenvalue weighted by Gasteiger charge is -2.03. The third-order valence-electron chi connectivity index (χ3n) is 1.65. The second-order valence-corrected chi connectivity index (χ2v) is 2.47. The Balaban J connectivity index is 3.02. The predicted octanol–water partition coefficient (Wildman–Crippen LogP) is 0.174. The lowest BCUT2D eigenvalue weighted by molar-refractivity contribution is -0.387. The Hall–Kier alpha value is -1.09. The summed E-state index contributed by atoms with van der Waals surface area (Å²) in [5.41, 5.74) is 5.97. The molecule has 0 atom stereocenters. The molecule has 0 amide bonds. The van der Waals surface area contributed by atoms with Crippen LogP contribution in [0.1, 0.15) is 11.3 Å². The van der Waals surface area contributed by atoms with Gasteiger partial charge in [-0.05, 0) is 18.6 Å². The van der Waals surface area contributed by atoms with Gasteiger partial charge in [0.05, 0.1) is 5.69 Å². The summed E-state index contributed by atoms with van der Waals surface area (Å²) < 4.78 is 0. The zero-order valence-electron chi connectivity index (χ0n) is 7.02. The van der Waals surface area contributed by atoms with E-state index in [4.69, 9.17) is 0 Å². The van der Waals surface area contributed by atoms with Crippen molar-refractivity contribution in [1.29, 1.82) is 0 Å². The molecule has 1 heterocycles. The Morgan fingerprint density at radius 1 is 1.55 bits per heavy atom. The van der Waals surface area contributed by atoms with Crippen LogP contribution in [-0.4, -0.2) is 12.0 Å². The summed E-state index contributed by atoms with van der Waals surface area (Å²) in [6.45, 7) is 2.78. The Morgan fingerprint density at radius 3 is 2.82 bits per heavy atom. The summed E-state index contributed by atoms with van der Waals surface area (Å²) in [7, 11) is 1.88. The van der Waals surface area contributed by atoms with Crippen LogP contribution < -0.4 is 11.1 Å². The lowest BCUT2D eigenvalue weighted by Crippen LogP contribution is -2.47. The number of nitrogens with one attached hydrogen (secondary N) is 1. The van der Waals surface area contributed by atoms with Crippen LogP contribution in [0.15, 0.2) is 12.1 Å². The third-order valence-corrected chi connectivity index (χ3v) is 1.65. The summed E-state index contributed by atoms with van der Waals surface area (Å²) in [5, 5.41) is 3.03. The van der Waals surface area contributed by atoms with E-state index in [1.165, 1.54) is 5.56 Å². The molecular weight excluding hydrogens is 138 g/mol. The van der Waals surface area contributed by atoms with Crippen LogP contribution in [0.4, 0.5) is 5.82 Å². The van der Waals surface area contributed by atoms with E-state index in [-0.39, 0.29) is 0 Å². The van der Waals surface area contributed by atoms with Gasteiger partial charge in [0.1, 0.15) is 12.4 Å². The standard InChI is InChI=1S/C8H13N3/c1-6-3-4-7(5-9)11-8(6)10-2/h3-4H,5,9H2,1-2H3,(H,10,11)/p+1. The van der Waals surface area contributed by atoms with Gasteiger partial charge < -0.3 is 11.1 Å². The van der Waals surface area contributed by atoms with E-state index in [9.17, 15) is 0 Å². The molecule has 0 saturated carbocycles. The predicted molar refractivity (Wildman–Crippen MR) is 45.1 cm³/mol. The van der Waals surface area contributed by atoms with Crippen molar-refractivity contribution in [2.75, 3.05) is 12.4 Å². The number of hydrogen-bond donors (Lipinski definition) is 2. The molecule has 0 radical (unpaired) electrons. The highest BCUT2D eigenvalue weighted by Crippen LogP contribution is 2.10. The summed E-state index contributed by atoms with van der Waals surface area (Å²) in [4.78, 5) is 4.34. The van der Waals surface area contributed by atoms with E-state index < -0.39 is 0 Å². The first-order valence-corrected chi connectivity index (χ1v) is 3.71. The largest absolute Gasteiger partial charge is 0.373 e. The Bertz CT molecular complexity index is 245. The minimum absolute atomic E-state index is 0.745. The molecule has 3 heteroatoms. The van der Waals surface area contributed by atoms with Gasteiger partial charge in [-0.25, -0.2) is 4.98 Å². The van der Waals surface area contributed by atoms with Gasteiger partial charge in [-0.2, -0.15) is 0 Å². The monoisotopic (exact) mass is 152 g/mol. The summed E-state index contributed by atoms with van der Waals surface area (Å²) in [6.07, 6.45) is 0. The minimum Gasteiger partial charge on any atom is -0.373 e. The highest BCUT2D eigenvalue weighted by molar-refractivity contribution is 5.43. The van der Waals surface area contributed by atoms with Gasteiger partial charge in [-0.3, -0.25) is 0 Å². The van der Waals surface area contributed by atoms with Gasteiger partial charge in [0.25, 0.3) is 0 Å². The molecule has 0 aromatic carbocycles. The van der Waals surface area contributed by atoms with E-state index in [1.807, 2.05) is 20.0 Å². The van der Waals surface area contributed by atoms with Gasteiger partial charge in [-0.15, -0.1) is 0 Å². The van der Waals surface area contributed by atoms with E-state index >= 15 is 0 Å². The number of rotatable bonds is 2. The molecule has 0 aliphatic carbocycles. The van der Waals surface area contributed by atoms with Crippen LogP contribution in [0, 0.1) is 6.92 Å². The number of nitrogens with zero attached hydrogens (tertiary/aromatic N) is 1. The van der Waals surface area contributed by atoms with Crippen molar-refractivity contribution in [1.82, 2.24) is 4.98 Å². The molecule has 60 valence electrons. The van der Waals surface area contributed by atoms with E-state index in [1.54, 1.807) is 0 Å². The SMILES string of the molecule is CNc1nc(C[NH3+])ccc1C. The molecule has 1 rings (SSSR count). The van der Waals surface area contributed by atoms with Gasteiger partial charge >= 0.3 is 0 Å². The first-order chi connectivity index (χ1) is 5.27. The fraction of sp³-hybridized carbons (Fsp3) is 0.375. The van der Waals surface area contributed by atoms with Crippen LogP contribution >= 0.6 is 0 Å². The molecular formula is C8H14N3+. The number of hydrogen-bond acceptors (Lipinski definition) is 2. The molecule has 0 saturated heterocycles. The zero-order chi connectivity index (χ0) is 8.27. The van der Waals surface area contributed by atoms with Crippen LogP contribution in [0.2, 0.25) is 0 Å². The maximum absolute atomic E-state index is 4.34. The second-order valence-electron chi connectivity index (χ2n) is 2.47. The van der Waals surface area contributed by atoms with Crippen molar-refractivity contribution < 1.29 is 5.73 Å². The Morgan fingerprint density at radius 2 is 2.27 bits per heavy atom. The number of pyridine rings is 1. The van der Waals surface area contributed by atoms with Crippen LogP contribution in [0.5, 0.6) is 0 Å². The molecule has 0 spiro atoms. The van der Waals surface area contributed by atoms with Crippen molar-refractivity contribution in [2.24, 2.45) is 0 Å². The second kappa shape index (κ2) is 3.34. The van der Waals surface area contributed by atoms with E-state index in [0.29, 0.717) is 0 Å². The smallest absolute Gasteiger partial charge is 0.129 e. The maximum Gasteiger partial charge on any atom is 0.129 e. The van der Waals surface area contributed by atoms with Crippen molar-refractivity contribution in [3.8, 4) is 0 Å². The summed E-state index contributed by atoms with van der Waals surface area (Å²) in [6, 6.07) is 4.06. The maximum atomic E-state index is 4.34. The number of quaternary nitrogens is 1. The van der Waals surface area contributed by atoms with Gasteiger partial charge in [0.15, 0.2) is 0 Å². The molecule has 0 bridgehead atoms. The average molecular weight is 152 g/mol. The zero-order valence-corrected chi connectivity index (χ0v) is 7.02. The van der Waals surface area contributed by atoms with Crippen LogP contribution in [-0.2, 0) is 6.54 Å². The topological polar surface area (TPSA) is 52.6 Å². The third kappa shape index (κ3) is 1.68. The first kappa shape index (κ1) is 8.01. The molecule has 3 nitrogen and oxygen atoms in total. The van der Waals surface area contributed by atoms with Crippen LogP contribution in [0.25, 0.3) is 0 Å². The fourth-order valence-corrected chi connectivity index (χ4v) is 0.961. The molecule has 0 aliphatic heterocycles. The van der Waals surface area contributed by atoms with Crippen molar-refractivity contribution in [3.05, 3.63) is 23.4 Å². The molecule has 4 N–H and O–H groups in total. The molecule has 0 fully saturated rings. The molecule has 11 heavy (non-hydrogen) atoms. The average Bonchev–Trinajstić information content (AvgIpc) is 2.05. The van der Waals surface area contributed by atoms with E-state index in [0.717, 1.165) is 18.1 Å². The normalized spacial score (nSPS) is 9.73. The van der Waals surface area contributed by atoms with Gasteiger partial charge in [0, 0.05) is 7.05 Å². The Kier molecular flexibility index (Phi) is 2.44. The first-order valence-electron chi connectivity index (χ1n) is 3.71. The Labute approximate surface area is 66.6 Å². The quantitative estimate of drug-likeness (QED) is 0.635. The van der Waals surface area contributed by atoms with Crippen molar-refractivity contribution in [3.63, 3.8) is 0 Å². The van der Waals surface area contributed by atoms with E-state index in [2.05, 4.69) is 22.1 Å². The van der Waals surface area contributed by atoms with Gasteiger partial charge in [-0.1, -0.05) is 6.07 Å². The molecule has 0 aliphatic rings. The highest BCUT2D eigenvalue weighted by atomic mass is 15.0. The highest BCUT2D eigenvalue weighted by Gasteiger charge is 1.98. The molecule has 0 unspecified atom stereocenters. The number of anilines is 1. The molecule has 1 aromatic rings. The lowest BCUT2D eigenvalue weighted by atomic mass is 10.2. The minimum atomic E-state index is 0.745. The summed E-state index contributed by atoms with van der Waals surface area (Å²) in [5.74, 6) is 0.950. The van der Waals surface area contributed by atoms with Crippen molar-refractivity contribution in [2.45, 2.75) is 13.5 Å². The van der Waals surface area contributed by atoms with Crippen LogP contribution in [0.3, 0.4) is 0 Å². The number of aryl methyl sites for hydroxylation is 1. The number of aromatic nitrogens is 1. The van der Waals surface area contributed by atoms with Gasteiger partial charge in [0.2, 0.25) is 0 Å². The van der Waals surface area contributed by atoms with Crippen molar-refractivity contribution >= 4 is 5.82 Å². The fourth-order valence-electron chi connectivity index (χ4n) is 0.961. The molecule has 1 aromatic heterocycles.